The van der Waals surface area contributed by atoms with Gasteiger partial charge in [0.05, 0.1) is 6.21 Å². The molecule has 0 spiro atoms. The summed E-state index contributed by atoms with van der Waals surface area (Å²) in [6.45, 7) is 3.41. The number of benzene rings is 1. The molecule has 0 saturated carbocycles. The second-order valence-electron chi connectivity index (χ2n) is 4.30. The molecule has 0 fully saturated rings. The summed E-state index contributed by atoms with van der Waals surface area (Å²) in [4.78, 5) is 0. The van der Waals surface area contributed by atoms with Crippen molar-refractivity contribution in [2.45, 2.75) is 18.1 Å². The molecule has 0 heterocycles. The molecule has 1 aromatic rings. The molecule has 0 unspecified atom stereocenters. The predicted octanol–water partition coefficient (Wildman–Crippen LogP) is 4.62. The number of hydrogen-bond acceptors (Lipinski definition) is 3. The fraction of sp³-hybridized carbons (Fsp3) is 0.308. The molecule has 0 atom stereocenters. The lowest BCUT2D eigenvalue weighted by molar-refractivity contribution is -0.361. The van der Waals surface area contributed by atoms with Crippen LogP contribution in [0.1, 0.15) is 5.56 Å². The number of hydrogen-bond donors (Lipinski definition) is 1. The van der Waals surface area contributed by atoms with Gasteiger partial charge in [0.1, 0.15) is 12.4 Å². The lowest BCUT2D eigenvalue weighted by Crippen LogP contribution is -2.58. The molecule has 0 aromatic heterocycles. The Balaban J connectivity index is 2.98. The van der Waals surface area contributed by atoms with E-state index in [1.807, 2.05) is 0 Å². The largest absolute Gasteiger partial charge is 0.489 e. The fourth-order valence-electron chi connectivity index (χ4n) is 1.33. The van der Waals surface area contributed by atoms with Gasteiger partial charge in [0.2, 0.25) is 0 Å². The van der Waals surface area contributed by atoms with Gasteiger partial charge >= 0.3 is 18.1 Å². The van der Waals surface area contributed by atoms with Crippen molar-refractivity contribution in [3.8, 4) is 5.75 Å². The first kappa shape index (κ1) is 20.1. The summed E-state index contributed by atoms with van der Waals surface area (Å²) < 4.78 is 92.4. The van der Waals surface area contributed by atoms with E-state index in [1.165, 1.54) is 24.3 Å². The zero-order chi connectivity index (χ0) is 18.6. The van der Waals surface area contributed by atoms with E-state index in [4.69, 9.17) is 16.3 Å². The normalized spacial score (nSPS) is 13.2. The van der Waals surface area contributed by atoms with Gasteiger partial charge in [-0.1, -0.05) is 24.3 Å². The second kappa shape index (κ2) is 7.29. The Kier molecular flexibility index (Phi) is 6.09. The van der Waals surface area contributed by atoms with Crippen LogP contribution in [0.15, 0.2) is 36.0 Å². The highest BCUT2D eigenvalue weighted by molar-refractivity contribution is 6.30. The maximum absolute atomic E-state index is 13.0. The van der Waals surface area contributed by atoms with Crippen molar-refractivity contribution in [3.63, 3.8) is 0 Å². The summed E-state index contributed by atoms with van der Waals surface area (Å²) in [7, 11) is 0. The standard InChI is InChI=1S/C13H10ClF7N2O/c1-2-5-24-10-4-3-9(14)6-8(10)7-22-23-13(20,21)11(15,16)12(17,18)19/h2-4,6-7,23H,1,5H2/b22-7-. The molecule has 1 N–H and O–H groups in total. The number of ether oxygens (including phenoxy) is 1. The van der Waals surface area contributed by atoms with E-state index >= 15 is 0 Å². The highest BCUT2D eigenvalue weighted by Gasteiger charge is 2.73. The molecule has 0 radical (unpaired) electrons. The number of halogens is 8. The van der Waals surface area contributed by atoms with Crippen molar-refractivity contribution in [3.05, 3.63) is 41.4 Å². The minimum absolute atomic E-state index is 0.0250. The Hall–Kier alpha value is -1.97. The lowest BCUT2D eigenvalue weighted by Gasteiger charge is -2.27. The molecular formula is C13H10ClF7N2O. The van der Waals surface area contributed by atoms with Gasteiger partial charge in [-0.05, 0) is 18.2 Å². The van der Waals surface area contributed by atoms with Crippen molar-refractivity contribution >= 4 is 17.8 Å². The van der Waals surface area contributed by atoms with Gasteiger partial charge in [-0.3, -0.25) is 0 Å². The molecule has 1 aromatic carbocycles. The van der Waals surface area contributed by atoms with Crippen molar-refractivity contribution < 1.29 is 35.5 Å². The minimum Gasteiger partial charge on any atom is -0.489 e. The Bertz CT molecular complexity index is 617. The number of hydrazone groups is 1. The Labute approximate surface area is 136 Å². The highest BCUT2D eigenvalue weighted by Crippen LogP contribution is 2.45. The number of alkyl halides is 7. The van der Waals surface area contributed by atoms with Crippen LogP contribution in [0, 0.1) is 0 Å². The summed E-state index contributed by atoms with van der Waals surface area (Å²) in [6, 6.07) is -1.75. The Morgan fingerprint density at radius 2 is 1.79 bits per heavy atom. The summed E-state index contributed by atoms with van der Waals surface area (Å²) in [5, 5.41) is 2.87. The lowest BCUT2D eigenvalue weighted by atomic mass is 10.2. The third kappa shape index (κ3) is 4.53. The van der Waals surface area contributed by atoms with Crippen LogP contribution in [0.2, 0.25) is 5.02 Å². The van der Waals surface area contributed by atoms with Gasteiger partial charge in [0, 0.05) is 10.6 Å². The quantitative estimate of drug-likeness (QED) is 0.247. The molecule has 0 aliphatic heterocycles. The predicted molar refractivity (Wildman–Crippen MR) is 73.8 cm³/mol. The number of rotatable bonds is 7. The Morgan fingerprint density at radius 3 is 2.33 bits per heavy atom. The fourth-order valence-corrected chi connectivity index (χ4v) is 1.51. The van der Waals surface area contributed by atoms with Crippen LogP contribution in [0.5, 0.6) is 5.75 Å². The molecule has 11 heteroatoms. The van der Waals surface area contributed by atoms with Crippen molar-refractivity contribution in [2.75, 3.05) is 6.61 Å². The maximum atomic E-state index is 13.0. The zero-order valence-corrected chi connectivity index (χ0v) is 12.4. The van der Waals surface area contributed by atoms with Crippen LogP contribution in [0.25, 0.3) is 0 Å². The minimum atomic E-state index is -6.45. The summed E-state index contributed by atoms with van der Waals surface area (Å²) >= 11 is 5.68. The van der Waals surface area contributed by atoms with Crippen molar-refractivity contribution in [2.24, 2.45) is 5.10 Å². The van der Waals surface area contributed by atoms with E-state index in [1.54, 1.807) is 0 Å². The van der Waals surface area contributed by atoms with Gasteiger partial charge < -0.3 is 4.74 Å². The van der Waals surface area contributed by atoms with Gasteiger partial charge in [0.15, 0.2) is 0 Å². The van der Waals surface area contributed by atoms with Crippen LogP contribution < -0.4 is 10.2 Å². The summed E-state index contributed by atoms with van der Waals surface area (Å²) in [5.74, 6) is -6.23. The van der Waals surface area contributed by atoms with Crippen LogP contribution >= 0.6 is 11.6 Å². The zero-order valence-electron chi connectivity index (χ0n) is 11.7. The highest BCUT2D eigenvalue weighted by atomic mass is 35.5. The van der Waals surface area contributed by atoms with Gasteiger partial charge in [-0.15, -0.1) is 0 Å². The van der Waals surface area contributed by atoms with Crippen LogP contribution in [-0.4, -0.2) is 31.0 Å². The second-order valence-corrected chi connectivity index (χ2v) is 4.73. The van der Waals surface area contributed by atoms with Gasteiger partial charge in [0.25, 0.3) is 0 Å². The van der Waals surface area contributed by atoms with Gasteiger partial charge in [-0.2, -0.15) is 35.8 Å². The van der Waals surface area contributed by atoms with Gasteiger partial charge in [-0.25, -0.2) is 5.43 Å². The molecule has 0 aliphatic rings. The summed E-state index contributed by atoms with van der Waals surface area (Å²) in [5.41, 5.74) is 0.479. The molecule has 3 nitrogen and oxygen atoms in total. The third-order valence-electron chi connectivity index (χ3n) is 2.49. The molecule has 0 bridgehead atoms. The SMILES string of the molecule is C=CCOc1ccc(Cl)cc1/C=N\NC(F)(F)C(F)(F)C(F)(F)F. The molecule has 0 amide bonds. The van der Waals surface area contributed by atoms with Crippen LogP contribution in [0.4, 0.5) is 30.7 Å². The topological polar surface area (TPSA) is 33.6 Å². The van der Waals surface area contributed by atoms with E-state index < -0.39 is 18.1 Å². The molecule has 1 rings (SSSR count). The maximum Gasteiger partial charge on any atom is 0.462 e. The molecule has 24 heavy (non-hydrogen) atoms. The smallest absolute Gasteiger partial charge is 0.462 e. The number of nitrogens with zero attached hydrogens (tertiary/aromatic N) is 1. The third-order valence-corrected chi connectivity index (χ3v) is 2.72. The van der Waals surface area contributed by atoms with Crippen LogP contribution in [-0.2, 0) is 0 Å². The molecule has 134 valence electrons. The van der Waals surface area contributed by atoms with Crippen LogP contribution in [0.3, 0.4) is 0 Å². The first-order valence-electron chi connectivity index (χ1n) is 6.08. The summed E-state index contributed by atoms with van der Waals surface area (Å²) in [6.07, 6.45) is -4.51. The monoisotopic (exact) mass is 378 g/mol. The average molecular weight is 379 g/mol. The number of nitrogens with one attached hydrogen (secondary N) is 1. The van der Waals surface area contributed by atoms with E-state index in [2.05, 4.69) is 11.7 Å². The molecular weight excluding hydrogens is 369 g/mol. The van der Waals surface area contributed by atoms with Crippen molar-refractivity contribution in [1.29, 1.82) is 0 Å². The first-order chi connectivity index (χ1) is 10.9. The van der Waals surface area contributed by atoms with Crippen molar-refractivity contribution in [1.82, 2.24) is 5.43 Å². The van der Waals surface area contributed by atoms with E-state index in [0.717, 1.165) is 0 Å². The molecule has 0 aliphatic carbocycles. The van der Waals surface area contributed by atoms with E-state index in [9.17, 15) is 30.7 Å². The van der Waals surface area contributed by atoms with E-state index in [-0.39, 0.29) is 22.9 Å². The Morgan fingerprint density at radius 1 is 1.17 bits per heavy atom. The average Bonchev–Trinajstić information content (AvgIpc) is 2.45. The molecule has 0 saturated heterocycles. The van der Waals surface area contributed by atoms with E-state index in [0.29, 0.717) is 11.6 Å². The first-order valence-corrected chi connectivity index (χ1v) is 6.46.